The maximum Gasteiger partial charge on any atom is 0.135 e. The summed E-state index contributed by atoms with van der Waals surface area (Å²) in [6.07, 6.45) is 0. The predicted octanol–water partition coefficient (Wildman–Crippen LogP) is 3.81. The molecule has 4 heteroatoms. The minimum atomic E-state index is -0.227. The van der Waals surface area contributed by atoms with E-state index in [-0.39, 0.29) is 5.82 Å². The van der Waals surface area contributed by atoms with Crippen LogP contribution in [0, 0.1) is 12.7 Å². The third-order valence-electron chi connectivity index (χ3n) is 2.04. The van der Waals surface area contributed by atoms with Gasteiger partial charge in [0, 0.05) is 11.5 Å². The second-order valence-electron chi connectivity index (χ2n) is 2.99. The predicted molar refractivity (Wildman–Crippen MR) is 64.5 cm³/mol. The molecule has 0 unspecified atom stereocenters. The van der Waals surface area contributed by atoms with Gasteiger partial charge in [0.25, 0.3) is 0 Å². The molecule has 0 saturated carbocycles. The van der Waals surface area contributed by atoms with E-state index in [0.717, 1.165) is 15.7 Å². The minimum Gasteiger partial charge on any atom is -0.268 e. The Hall–Kier alpha value is -0.900. The fourth-order valence-corrected chi connectivity index (χ4v) is 1.92. The molecule has 0 radical (unpaired) electrons. The lowest BCUT2D eigenvalue weighted by Gasteiger charge is -1.96. The molecule has 0 fully saturated rings. The average molecular weight is 273 g/mol. The van der Waals surface area contributed by atoms with Crippen molar-refractivity contribution >= 4 is 26.8 Å². The van der Waals surface area contributed by atoms with Crippen LogP contribution in [-0.2, 0) is 7.05 Å². The first-order valence-electron chi connectivity index (χ1n) is 4.88. The molecule has 0 bridgehead atoms. The molecule has 15 heavy (non-hydrogen) atoms. The van der Waals surface area contributed by atoms with Crippen molar-refractivity contribution in [2.75, 3.05) is 0 Å². The molecular formula is C11H14BrFN2. The summed E-state index contributed by atoms with van der Waals surface area (Å²) in [5.74, 6) is -0.227. The highest BCUT2D eigenvalue weighted by Crippen LogP contribution is 2.25. The number of halogens is 2. The zero-order valence-corrected chi connectivity index (χ0v) is 10.9. The third-order valence-corrected chi connectivity index (χ3v) is 2.50. The van der Waals surface area contributed by atoms with Crippen LogP contribution in [0.5, 0.6) is 0 Å². The van der Waals surface area contributed by atoms with Gasteiger partial charge in [0.05, 0.1) is 16.6 Å². The summed E-state index contributed by atoms with van der Waals surface area (Å²) in [5, 5.41) is 4.75. The van der Waals surface area contributed by atoms with Crippen LogP contribution in [-0.4, -0.2) is 9.78 Å². The molecule has 0 saturated heterocycles. The minimum absolute atomic E-state index is 0.227. The fraction of sp³-hybridized carbons (Fsp3) is 0.364. The van der Waals surface area contributed by atoms with Gasteiger partial charge in [-0.15, -0.1) is 0 Å². The maximum atomic E-state index is 13.4. The first-order chi connectivity index (χ1) is 7.09. The molecule has 2 aromatic rings. The van der Waals surface area contributed by atoms with Crippen molar-refractivity contribution in [2.45, 2.75) is 20.8 Å². The van der Waals surface area contributed by atoms with Gasteiger partial charge >= 0.3 is 0 Å². The lowest BCUT2D eigenvalue weighted by molar-refractivity contribution is 0.638. The molecule has 0 spiro atoms. The molecule has 0 aliphatic rings. The van der Waals surface area contributed by atoms with Crippen LogP contribution < -0.4 is 0 Å². The molecule has 0 aliphatic heterocycles. The number of fused-ring (bicyclic) bond motifs is 1. The summed E-state index contributed by atoms with van der Waals surface area (Å²) >= 11 is 3.25. The Bertz CT molecular complexity index is 477. The molecule has 0 atom stereocenters. The van der Waals surface area contributed by atoms with Crippen molar-refractivity contribution < 1.29 is 4.39 Å². The number of hydrogen-bond acceptors (Lipinski definition) is 1. The molecule has 2 rings (SSSR count). The highest BCUT2D eigenvalue weighted by Gasteiger charge is 2.10. The van der Waals surface area contributed by atoms with E-state index in [4.69, 9.17) is 0 Å². The van der Waals surface area contributed by atoms with Crippen molar-refractivity contribution in [3.8, 4) is 0 Å². The third kappa shape index (κ3) is 2.20. The van der Waals surface area contributed by atoms with Crippen LogP contribution in [0.4, 0.5) is 4.39 Å². The van der Waals surface area contributed by atoms with Crippen molar-refractivity contribution in [3.63, 3.8) is 0 Å². The van der Waals surface area contributed by atoms with Gasteiger partial charge in [-0.2, -0.15) is 5.10 Å². The molecule has 82 valence electrons. The normalized spacial score (nSPS) is 10.0. The quantitative estimate of drug-likeness (QED) is 0.713. The van der Waals surface area contributed by atoms with Crippen LogP contribution in [0.1, 0.15) is 19.5 Å². The number of aromatic nitrogens is 2. The Labute approximate surface area is 97.2 Å². The Kier molecular flexibility index (Phi) is 3.85. The monoisotopic (exact) mass is 272 g/mol. The Morgan fingerprint density at radius 3 is 2.53 bits per heavy atom. The molecule has 0 N–H and O–H groups in total. The van der Waals surface area contributed by atoms with Crippen LogP contribution in [0.2, 0.25) is 0 Å². The highest BCUT2D eigenvalue weighted by molar-refractivity contribution is 9.10. The van der Waals surface area contributed by atoms with Crippen LogP contribution in [0.15, 0.2) is 16.6 Å². The number of nitrogens with zero attached hydrogens (tertiary/aromatic N) is 2. The van der Waals surface area contributed by atoms with Gasteiger partial charge in [0.15, 0.2) is 0 Å². The van der Waals surface area contributed by atoms with Crippen molar-refractivity contribution in [1.82, 2.24) is 9.78 Å². The van der Waals surface area contributed by atoms with E-state index in [1.165, 1.54) is 6.07 Å². The topological polar surface area (TPSA) is 17.8 Å². The lowest BCUT2D eigenvalue weighted by atomic mass is 10.2. The van der Waals surface area contributed by atoms with Crippen LogP contribution in [0.25, 0.3) is 10.9 Å². The summed E-state index contributed by atoms with van der Waals surface area (Å²) in [4.78, 5) is 0. The summed E-state index contributed by atoms with van der Waals surface area (Å²) in [6, 6.07) is 3.31. The molecular weight excluding hydrogens is 259 g/mol. The summed E-state index contributed by atoms with van der Waals surface area (Å²) in [7, 11) is 1.81. The van der Waals surface area contributed by atoms with E-state index in [1.807, 2.05) is 19.9 Å². The van der Waals surface area contributed by atoms with E-state index in [1.54, 1.807) is 18.7 Å². The summed E-state index contributed by atoms with van der Waals surface area (Å²) < 4.78 is 15.9. The van der Waals surface area contributed by atoms with E-state index >= 15 is 0 Å². The Morgan fingerprint density at radius 1 is 1.33 bits per heavy atom. The standard InChI is InChI=1S/C9H8BrFN2.C2H6/c1-5-9-7(11)3-6(10)4-8(9)13(2)12-5;1-2/h3-4H,1-2H3;1-2H3. The van der Waals surface area contributed by atoms with Gasteiger partial charge in [0.1, 0.15) is 5.82 Å². The van der Waals surface area contributed by atoms with E-state index in [0.29, 0.717) is 5.39 Å². The second-order valence-corrected chi connectivity index (χ2v) is 3.91. The van der Waals surface area contributed by atoms with Crippen molar-refractivity contribution in [2.24, 2.45) is 7.05 Å². The number of hydrogen-bond donors (Lipinski definition) is 0. The molecule has 0 amide bonds. The lowest BCUT2D eigenvalue weighted by Crippen LogP contribution is -1.89. The Morgan fingerprint density at radius 2 is 1.93 bits per heavy atom. The smallest absolute Gasteiger partial charge is 0.135 e. The van der Waals surface area contributed by atoms with Crippen molar-refractivity contribution in [3.05, 3.63) is 28.1 Å². The molecule has 1 heterocycles. The van der Waals surface area contributed by atoms with Crippen LogP contribution in [0.3, 0.4) is 0 Å². The van der Waals surface area contributed by atoms with E-state index in [2.05, 4.69) is 21.0 Å². The highest BCUT2D eigenvalue weighted by atomic mass is 79.9. The van der Waals surface area contributed by atoms with Gasteiger partial charge in [-0.05, 0) is 19.1 Å². The molecule has 2 nitrogen and oxygen atoms in total. The van der Waals surface area contributed by atoms with E-state index < -0.39 is 0 Å². The van der Waals surface area contributed by atoms with Gasteiger partial charge in [-0.1, -0.05) is 29.8 Å². The van der Waals surface area contributed by atoms with Crippen molar-refractivity contribution in [1.29, 1.82) is 0 Å². The fourth-order valence-electron chi connectivity index (χ4n) is 1.50. The first-order valence-corrected chi connectivity index (χ1v) is 5.67. The Balaban J connectivity index is 0.000000531. The van der Waals surface area contributed by atoms with Gasteiger partial charge in [0.2, 0.25) is 0 Å². The zero-order valence-electron chi connectivity index (χ0n) is 9.31. The zero-order chi connectivity index (χ0) is 11.6. The summed E-state index contributed by atoms with van der Waals surface area (Å²) in [6.45, 7) is 5.80. The molecule has 0 aliphatic carbocycles. The maximum absolute atomic E-state index is 13.4. The van der Waals surface area contributed by atoms with Gasteiger partial charge < -0.3 is 0 Å². The number of rotatable bonds is 0. The number of benzene rings is 1. The summed E-state index contributed by atoms with van der Waals surface area (Å²) in [5.41, 5.74) is 1.53. The number of aryl methyl sites for hydroxylation is 2. The van der Waals surface area contributed by atoms with Gasteiger partial charge in [-0.25, -0.2) is 4.39 Å². The van der Waals surface area contributed by atoms with E-state index in [9.17, 15) is 4.39 Å². The SMILES string of the molecule is CC.Cc1nn(C)c2cc(Br)cc(F)c12. The van der Waals surface area contributed by atoms with Crippen LogP contribution >= 0.6 is 15.9 Å². The van der Waals surface area contributed by atoms with Gasteiger partial charge in [-0.3, -0.25) is 4.68 Å². The molecule has 1 aromatic carbocycles. The largest absolute Gasteiger partial charge is 0.268 e. The average Bonchev–Trinajstić information content (AvgIpc) is 2.45. The molecule has 1 aromatic heterocycles. The first kappa shape index (κ1) is 12.2. The second kappa shape index (κ2) is 4.75.